The molecule has 11 heteroatoms. The fourth-order valence-corrected chi connectivity index (χ4v) is 6.06. The smallest absolute Gasteiger partial charge is 0.295 e. The standard InChI is InChI=1S/C29H28FN7O3/c1-3-20-13-37-21(15-39-26-25(37)23-22(35(2)29(26)38)11-10-19(12-31)32-23)14-36(20)24(16-6-8-18(30)9-7-16)28-33-27(34-40-28)17-4-5-17/h6-11,17,20-21,24H,3-5,13-15H2,1-2H3/t20-,21+,24?/m1/s1. The summed E-state index contributed by atoms with van der Waals surface area (Å²) >= 11 is 0. The molecule has 1 saturated heterocycles. The molecule has 5 heterocycles. The maximum Gasteiger partial charge on any atom is 0.295 e. The van der Waals surface area contributed by atoms with Gasteiger partial charge in [0.1, 0.15) is 41.4 Å². The van der Waals surface area contributed by atoms with Crippen molar-refractivity contribution in [3.63, 3.8) is 0 Å². The number of hydrogen-bond acceptors (Lipinski definition) is 9. The number of halogens is 1. The van der Waals surface area contributed by atoms with Gasteiger partial charge < -0.3 is 18.7 Å². The monoisotopic (exact) mass is 541 g/mol. The largest absolute Gasteiger partial charge is 0.484 e. The van der Waals surface area contributed by atoms with Gasteiger partial charge in [-0.05, 0) is 49.1 Å². The van der Waals surface area contributed by atoms with Crippen molar-refractivity contribution in [1.82, 2.24) is 24.6 Å². The average molecular weight is 542 g/mol. The molecule has 7 rings (SSSR count). The quantitative estimate of drug-likeness (QED) is 0.374. The van der Waals surface area contributed by atoms with Gasteiger partial charge in [-0.15, -0.1) is 0 Å². The maximum absolute atomic E-state index is 13.9. The molecule has 4 aromatic rings. The number of aryl methyl sites for hydroxylation is 1. The molecule has 0 N–H and O–H groups in total. The lowest BCUT2D eigenvalue weighted by Crippen LogP contribution is -2.62. The van der Waals surface area contributed by atoms with Crippen molar-refractivity contribution in [2.45, 2.75) is 50.2 Å². The van der Waals surface area contributed by atoms with E-state index in [1.54, 1.807) is 31.3 Å². The fourth-order valence-electron chi connectivity index (χ4n) is 6.06. The molecule has 40 heavy (non-hydrogen) atoms. The minimum Gasteiger partial charge on any atom is -0.484 e. The summed E-state index contributed by atoms with van der Waals surface area (Å²) in [5, 5.41) is 13.8. The number of rotatable bonds is 5. The van der Waals surface area contributed by atoms with E-state index in [4.69, 9.17) is 14.2 Å². The van der Waals surface area contributed by atoms with E-state index >= 15 is 0 Å². The van der Waals surface area contributed by atoms with E-state index in [1.165, 1.54) is 16.7 Å². The number of nitriles is 1. The Morgan fingerprint density at radius 1 is 1.15 bits per heavy atom. The summed E-state index contributed by atoms with van der Waals surface area (Å²) in [7, 11) is 1.69. The predicted octanol–water partition coefficient (Wildman–Crippen LogP) is 3.66. The summed E-state index contributed by atoms with van der Waals surface area (Å²) in [4.78, 5) is 27.2. The Kier molecular flexibility index (Phi) is 5.82. The van der Waals surface area contributed by atoms with Crippen LogP contribution in [0, 0.1) is 17.1 Å². The average Bonchev–Trinajstić information content (AvgIpc) is 3.73. The SMILES string of the molecule is CC[C@@H]1CN2c3c(c(=O)n(C)c4ccc(C#N)nc34)OC[C@@H]2CN1C(c1ccc(F)cc1)c1nc(C2CC2)no1. The number of benzene rings is 1. The van der Waals surface area contributed by atoms with Crippen molar-refractivity contribution in [3.05, 3.63) is 75.5 Å². The highest BCUT2D eigenvalue weighted by Gasteiger charge is 2.44. The van der Waals surface area contributed by atoms with Gasteiger partial charge in [0.15, 0.2) is 5.82 Å². The van der Waals surface area contributed by atoms with E-state index in [0.717, 1.165) is 30.7 Å². The van der Waals surface area contributed by atoms with Gasteiger partial charge in [0, 0.05) is 32.1 Å². The van der Waals surface area contributed by atoms with Gasteiger partial charge in [0.25, 0.3) is 5.56 Å². The van der Waals surface area contributed by atoms with Crippen LogP contribution in [-0.2, 0) is 7.05 Å². The summed E-state index contributed by atoms with van der Waals surface area (Å²) in [5.41, 5.74) is 2.77. The number of pyridine rings is 2. The predicted molar refractivity (Wildman–Crippen MR) is 144 cm³/mol. The van der Waals surface area contributed by atoms with Gasteiger partial charge in [-0.1, -0.05) is 24.2 Å². The number of aromatic nitrogens is 4. The molecule has 3 aliphatic rings. The molecule has 204 valence electrons. The number of hydrogen-bond donors (Lipinski definition) is 0. The summed E-state index contributed by atoms with van der Waals surface area (Å²) in [6.45, 7) is 3.61. The lowest BCUT2D eigenvalue weighted by atomic mass is 9.96. The molecule has 3 aromatic heterocycles. The first-order valence-corrected chi connectivity index (χ1v) is 13.6. The highest BCUT2D eigenvalue weighted by atomic mass is 19.1. The minimum atomic E-state index is -0.363. The fraction of sp³-hybridized carbons (Fsp3) is 0.414. The topological polar surface area (TPSA) is 113 Å². The van der Waals surface area contributed by atoms with E-state index in [9.17, 15) is 14.4 Å². The third kappa shape index (κ3) is 3.93. The Morgan fingerprint density at radius 3 is 2.67 bits per heavy atom. The number of anilines is 1. The van der Waals surface area contributed by atoms with Gasteiger partial charge in [-0.3, -0.25) is 9.69 Å². The molecule has 1 aromatic carbocycles. The molecule has 3 atom stereocenters. The highest BCUT2D eigenvalue weighted by molar-refractivity contribution is 5.93. The van der Waals surface area contributed by atoms with Crippen molar-refractivity contribution in [3.8, 4) is 11.8 Å². The van der Waals surface area contributed by atoms with Crippen LogP contribution in [0.15, 0.2) is 45.7 Å². The molecule has 10 nitrogen and oxygen atoms in total. The van der Waals surface area contributed by atoms with Gasteiger partial charge >= 0.3 is 0 Å². The van der Waals surface area contributed by atoms with Crippen LogP contribution >= 0.6 is 0 Å². The first-order valence-electron chi connectivity index (χ1n) is 13.6. The second kappa shape index (κ2) is 9.41. The normalized spacial score (nSPS) is 21.4. The van der Waals surface area contributed by atoms with Crippen molar-refractivity contribution in [2.75, 3.05) is 24.6 Å². The minimum absolute atomic E-state index is 0.0341. The molecule has 2 aliphatic heterocycles. The van der Waals surface area contributed by atoms with Crippen LogP contribution in [0.1, 0.15) is 61.1 Å². The first-order chi connectivity index (χ1) is 19.5. The molecule has 0 bridgehead atoms. The number of ether oxygens (including phenoxy) is 1. The Labute approximate surface area is 229 Å². The summed E-state index contributed by atoms with van der Waals surface area (Å²) in [5.74, 6) is 1.52. The van der Waals surface area contributed by atoms with E-state index in [-0.39, 0.29) is 40.9 Å². The van der Waals surface area contributed by atoms with Crippen LogP contribution in [0.3, 0.4) is 0 Å². The Bertz CT molecular complexity index is 1710. The van der Waals surface area contributed by atoms with Crippen molar-refractivity contribution >= 4 is 16.7 Å². The van der Waals surface area contributed by atoms with E-state index in [0.29, 0.717) is 48.2 Å². The lowest BCUT2D eigenvalue weighted by molar-refractivity contribution is 0.0755. The zero-order valence-corrected chi connectivity index (χ0v) is 22.2. The molecule has 1 aliphatic carbocycles. The third-order valence-corrected chi connectivity index (χ3v) is 8.36. The molecular weight excluding hydrogens is 513 g/mol. The molecule has 1 saturated carbocycles. The summed E-state index contributed by atoms with van der Waals surface area (Å²) in [6, 6.07) is 11.5. The van der Waals surface area contributed by atoms with Gasteiger partial charge in [0.05, 0.1) is 11.6 Å². The van der Waals surface area contributed by atoms with Crippen molar-refractivity contribution in [1.29, 1.82) is 5.26 Å². The Hall–Kier alpha value is -4.30. The third-order valence-electron chi connectivity index (χ3n) is 8.36. The van der Waals surface area contributed by atoms with Crippen LogP contribution in [0.2, 0.25) is 0 Å². The molecule has 1 unspecified atom stereocenters. The van der Waals surface area contributed by atoms with Crippen LogP contribution in [0.4, 0.5) is 10.1 Å². The van der Waals surface area contributed by atoms with Crippen LogP contribution in [-0.4, -0.2) is 56.4 Å². The van der Waals surface area contributed by atoms with Gasteiger partial charge in [-0.2, -0.15) is 10.2 Å². The zero-order valence-electron chi connectivity index (χ0n) is 22.2. The Balaban J connectivity index is 1.32. The maximum atomic E-state index is 13.9. The lowest BCUT2D eigenvalue weighted by Gasteiger charge is -2.51. The molecule has 2 fully saturated rings. The second-order valence-electron chi connectivity index (χ2n) is 10.8. The zero-order chi connectivity index (χ0) is 27.5. The number of fused-ring (bicyclic) bond motifs is 5. The molecule has 0 amide bonds. The molecule has 0 radical (unpaired) electrons. The van der Waals surface area contributed by atoms with E-state index in [1.807, 2.05) is 0 Å². The Morgan fingerprint density at radius 2 is 1.95 bits per heavy atom. The molecular formula is C29H28FN7O3. The molecule has 0 spiro atoms. The van der Waals surface area contributed by atoms with E-state index < -0.39 is 0 Å². The number of piperazine rings is 1. The second-order valence-corrected chi connectivity index (χ2v) is 10.8. The first kappa shape index (κ1) is 24.7. The number of nitrogens with zero attached hydrogens (tertiary/aromatic N) is 7. The van der Waals surface area contributed by atoms with Crippen LogP contribution in [0.25, 0.3) is 11.0 Å². The van der Waals surface area contributed by atoms with Crippen LogP contribution < -0.4 is 15.2 Å². The summed E-state index contributed by atoms with van der Waals surface area (Å²) in [6.07, 6.45) is 2.93. The highest BCUT2D eigenvalue weighted by Crippen LogP contribution is 2.43. The van der Waals surface area contributed by atoms with Crippen molar-refractivity contribution < 1.29 is 13.7 Å². The van der Waals surface area contributed by atoms with Gasteiger partial charge in [-0.25, -0.2) is 9.37 Å². The van der Waals surface area contributed by atoms with Gasteiger partial charge in [0.2, 0.25) is 11.6 Å². The van der Waals surface area contributed by atoms with Crippen LogP contribution in [0.5, 0.6) is 5.75 Å². The van der Waals surface area contributed by atoms with E-state index in [2.05, 4.69) is 32.9 Å². The summed E-state index contributed by atoms with van der Waals surface area (Å²) < 4.78 is 27.4. The van der Waals surface area contributed by atoms with Crippen molar-refractivity contribution in [2.24, 2.45) is 7.05 Å².